The van der Waals surface area contributed by atoms with E-state index in [0.717, 1.165) is 22.6 Å². The van der Waals surface area contributed by atoms with Crippen LogP contribution in [0.25, 0.3) is 0 Å². The summed E-state index contributed by atoms with van der Waals surface area (Å²) < 4.78 is 10.4. The maximum absolute atomic E-state index is 9.57. The lowest BCUT2D eigenvalue weighted by molar-refractivity contribution is 0.373. The standard InChI is InChI=1S/C16H19NO3/c1-11-4-7-15(19-2)13(8-11)17-10-12-5-6-14(18)16(9-12)20-3/h4-9,17-18H,10H2,1-3H3. The Labute approximate surface area is 119 Å². The SMILES string of the molecule is COc1cc(CNc2cc(C)ccc2OC)ccc1O. The van der Waals surface area contributed by atoms with Gasteiger partial charge in [-0.1, -0.05) is 12.1 Å². The first kappa shape index (κ1) is 14.1. The van der Waals surface area contributed by atoms with Crippen molar-refractivity contribution in [2.45, 2.75) is 13.5 Å². The van der Waals surface area contributed by atoms with Crippen LogP contribution < -0.4 is 14.8 Å². The fourth-order valence-electron chi connectivity index (χ4n) is 1.99. The normalized spacial score (nSPS) is 10.2. The Morgan fingerprint density at radius 2 is 1.75 bits per heavy atom. The van der Waals surface area contributed by atoms with Crippen molar-refractivity contribution in [2.24, 2.45) is 0 Å². The van der Waals surface area contributed by atoms with E-state index in [1.165, 1.54) is 7.11 Å². The molecule has 4 nitrogen and oxygen atoms in total. The fourth-order valence-corrected chi connectivity index (χ4v) is 1.99. The van der Waals surface area contributed by atoms with Crippen LogP contribution in [0.2, 0.25) is 0 Å². The quantitative estimate of drug-likeness (QED) is 0.877. The second kappa shape index (κ2) is 6.19. The van der Waals surface area contributed by atoms with Crippen LogP contribution >= 0.6 is 0 Å². The third kappa shape index (κ3) is 3.15. The predicted octanol–water partition coefficient (Wildman–Crippen LogP) is 3.33. The van der Waals surface area contributed by atoms with E-state index in [9.17, 15) is 5.11 Å². The molecule has 0 aliphatic heterocycles. The first-order valence-electron chi connectivity index (χ1n) is 6.38. The molecule has 0 aliphatic carbocycles. The Hall–Kier alpha value is -2.36. The van der Waals surface area contributed by atoms with E-state index in [2.05, 4.69) is 5.32 Å². The van der Waals surface area contributed by atoms with Crippen molar-refractivity contribution >= 4 is 5.69 Å². The molecule has 2 aromatic carbocycles. The van der Waals surface area contributed by atoms with Crippen LogP contribution in [0.1, 0.15) is 11.1 Å². The highest BCUT2D eigenvalue weighted by molar-refractivity contribution is 5.58. The number of phenols is 1. The zero-order valence-corrected chi connectivity index (χ0v) is 11.9. The van der Waals surface area contributed by atoms with Crippen LogP contribution in [0.3, 0.4) is 0 Å². The molecule has 0 aromatic heterocycles. The smallest absolute Gasteiger partial charge is 0.160 e. The summed E-state index contributed by atoms with van der Waals surface area (Å²) >= 11 is 0. The summed E-state index contributed by atoms with van der Waals surface area (Å²) in [5, 5.41) is 12.9. The minimum absolute atomic E-state index is 0.143. The monoisotopic (exact) mass is 273 g/mol. The van der Waals surface area contributed by atoms with E-state index in [1.807, 2.05) is 37.3 Å². The molecule has 0 saturated heterocycles. The molecule has 0 spiro atoms. The maximum atomic E-state index is 9.57. The summed E-state index contributed by atoms with van der Waals surface area (Å²) in [6.07, 6.45) is 0. The van der Waals surface area contributed by atoms with E-state index >= 15 is 0 Å². The number of methoxy groups -OCH3 is 2. The van der Waals surface area contributed by atoms with Crippen LogP contribution in [-0.4, -0.2) is 19.3 Å². The van der Waals surface area contributed by atoms with Crippen LogP contribution in [0, 0.1) is 6.92 Å². The summed E-state index contributed by atoms with van der Waals surface area (Å²) in [6.45, 7) is 2.66. The first-order chi connectivity index (χ1) is 9.63. The number of nitrogens with one attached hydrogen (secondary N) is 1. The number of aryl methyl sites for hydroxylation is 1. The van der Waals surface area contributed by atoms with Gasteiger partial charge in [0.05, 0.1) is 19.9 Å². The number of hydrogen-bond donors (Lipinski definition) is 2. The summed E-state index contributed by atoms with van der Waals surface area (Å²) in [4.78, 5) is 0. The second-order valence-corrected chi connectivity index (χ2v) is 4.56. The molecule has 20 heavy (non-hydrogen) atoms. The topological polar surface area (TPSA) is 50.7 Å². The minimum atomic E-state index is 0.143. The van der Waals surface area contributed by atoms with Crippen molar-refractivity contribution in [3.05, 3.63) is 47.5 Å². The zero-order valence-electron chi connectivity index (χ0n) is 11.9. The van der Waals surface area contributed by atoms with Crippen molar-refractivity contribution in [1.29, 1.82) is 0 Å². The molecule has 4 heteroatoms. The number of ether oxygens (including phenoxy) is 2. The van der Waals surface area contributed by atoms with Crippen molar-refractivity contribution in [3.8, 4) is 17.2 Å². The van der Waals surface area contributed by atoms with Gasteiger partial charge in [0.15, 0.2) is 11.5 Å². The Balaban J connectivity index is 2.14. The summed E-state index contributed by atoms with van der Waals surface area (Å²) in [7, 11) is 3.19. The second-order valence-electron chi connectivity index (χ2n) is 4.56. The largest absolute Gasteiger partial charge is 0.504 e. The van der Waals surface area contributed by atoms with E-state index in [-0.39, 0.29) is 5.75 Å². The van der Waals surface area contributed by atoms with Crippen molar-refractivity contribution in [1.82, 2.24) is 0 Å². The molecule has 0 bridgehead atoms. The molecule has 2 N–H and O–H groups in total. The van der Waals surface area contributed by atoms with E-state index in [4.69, 9.17) is 9.47 Å². The Kier molecular flexibility index (Phi) is 4.35. The summed E-state index contributed by atoms with van der Waals surface area (Å²) in [6, 6.07) is 11.3. The number of aromatic hydroxyl groups is 1. The molecule has 0 heterocycles. The average Bonchev–Trinajstić information content (AvgIpc) is 2.46. The molecule has 0 unspecified atom stereocenters. The van der Waals surface area contributed by atoms with Crippen LogP contribution in [0.4, 0.5) is 5.69 Å². The summed E-state index contributed by atoms with van der Waals surface area (Å²) in [5.41, 5.74) is 3.12. The molecule has 0 radical (unpaired) electrons. The molecule has 2 rings (SSSR count). The van der Waals surface area contributed by atoms with Gasteiger partial charge in [-0.2, -0.15) is 0 Å². The highest BCUT2D eigenvalue weighted by Gasteiger charge is 2.05. The van der Waals surface area contributed by atoms with Crippen molar-refractivity contribution < 1.29 is 14.6 Å². The Bertz CT molecular complexity index is 596. The van der Waals surface area contributed by atoms with Crippen LogP contribution in [-0.2, 0) is 6.54 Å². The van der Waals surface area contributed by atoms with Gasteiger partial charge in [-0.25, -0.2) is 0 Å². The van der Waals surface area contributed by atoms with Gasteiger partial charge in [0, 0.05) is 6.54 Å². The highest BCUT2D eigenvalue weighted by atomic mass is 16.5. The lowest BCUT2D eigenvalue weighted by Gasteiger charge is -2.13. The van der Waals surface area contributed by atoms with Gasteiger partial charge in [-0.15, -0.1) is 0 Å². The molecular formula is C16H19NO3. The molecular weight excluding hydrogens is 254 g/mol. The van der Waals surface area contributed by atoms with Gasteiger partial charge in [-0.3, -0.25) is 0 Å². The molecule has 0 aliphatic rings. The minimum Gasteiger partial charge on any atom is -0.504 e. The molecule has 0 saturated carbocycles. The summed E-state index contributed by atoms with van der Waals surface area (Å²) in [5.74, 6) is 1.42. The van der Waals surface area contributed by atoms with Crippen molar-refractivity contribution in [2.75, 3.05) is 19.5 Å². The number of phenolic OH excluding ortho intramolecular Hbond substituents is 1. The molecule has 0 amide bonds. The van der Waals surface area contributed by atoms with Crippen molar-refractivity contribution in [3.63, 3.8) is 0 Å². The van der Waals surface area contributed by atoms with Gasteiger partial charge in [0.1, 0.15) is 5.75 Å². The number of rotatable bonds is 5. The van der Waals surface area contributed by atoms with Gasteiger partial charge >= 0.3 is 0 Å². The third-order valence-corrected chi connectivity index (χ3v) is 3.08. The van der Waals surface area contributed by atoms with Crippen LogP contribution in [0.5, 0.6) is 17.2 Å². The number of hydrogen-bond acceptors (Lipinski definition) is 4. The molecule has 2 aromatic rings. The molecule has 0 atom stereocenters. The number of anilines is 1. The maximum Gasteiger partial charge on any atom is 0.160 e. The zero-order chi connectivity index (χ0) is 14.5. The van der Waals surface area contributed by atoms with E-state index < -0.39 is 0 Å². The lowest BCUT2D eigenvalue weighted by atomic mass is 10.1. The Morgan fingerprint density at radius 3 is 2.45 bits per heavy atom. The fraction of sp³-hybridized carbons (Fsp3) is 0.250. The number of benzene rings is 2. The average molecular weight is 273 g/mol. The van der Waals surface area contributed by atoms with E-state index in [1.54, 1.807) is 13.2 Å². The Morgan fingerprint density at radius 1 is 1.00 bits per heavy atom. The third-order valence-electron chi connectivity index (χ3n) is 3.08. The van der Waals surface area contributed by atoms with Gasteiger partial charge < -0.3 is 19.9 Å². The molecule has 0 fully saturated rings. The lowest BCUT2D eigenvalue weighted by Crippen LogP contribution is -2.02. The van der Waals surface area contributed by atoms with Gasteiger partial charge in [0.25, 0.3) is 0 Å². The van der Waals surface area contributed by atoms with Gasteiger partial charge in [-0.05, 0) is 42.3 Å². The highest BCUT2D eigenvalue weighted by Crippen LogP contribution is 2.28. The first-order valence-corrected chi connectivity index (χ1v) is 6.38. The molecule has 106 valence electrons. The van der Waals surface area contributed by atoms with E-state index in [0.29, 0.717) is 12.3 Å². The van der Waals surface area contributed by atoms with Gasteiger partial charge in [0.2, 0.25) is 0 Å². The van der Waals surface area contributed by atoms with Crippen LogP contribution in [0.15, 0.2) is 36.4 Å². The predicted molar refractivity (Wildman–Crippen MR) is 79.7 cm³/mol.